The Labute approximate surface area is 120 Å². The standard InChI is InChI=1S/C16H13FN2S/c17-13-4-5-14(18)16(9-13)20-10-11-3-6-15-12(8-11)2-1-7-19-15/h1-9H,10,18H2. The first kappa shape index (κ1) is 12.9. The fourth-order valence-corrected chi connectivity index (χ4v) is 2.94. The molecule has 20 heavy (non-hydrogen) atoms. The second-order valence-corrected chi connectivity index (χ2v) is 5.52. The third-order valence-corrected chi connectivity index (χ3v) is 4.18. The molecule has 2 N–H and O–H groups in total. The van der Waals surface area contributed by atoms with Gasteiger partial charge in [-0.25, -0.2) is 4.39 Å². The first-order valence-corrected chi connectivity index (χ1v) is 7.22. The van der Waals surface area contributed by atoms with Crippen LogP contribution >= 0.6 is 11.8 Å². The second-order valence-electron chi connectivity index (χ2n) is 4.50. The number of pyridine rings is 1. The highest BCUT2D eigenvalue weighted by Crippen LogP contribution is 2.29. The molecule has 4 heteroatoms. The van der Waals surface area contributed by atoms with Gasteiger partial charge in [0.15, 0.2) is 0 Å². The number of nitrogens with zero attached hydrogens (tertiary/aromatic N) is 1. The van der Waals surface area contributed by atoms with Crippen LogP contribution in [-0.4, -0.2) is 4.98 Å². The largest absolute Gasteiger partial charge is 0.398 e. The van der Waals surface area contributed by atoms with Gasteiger partial charge in [0.05, 0.1) is 5.52 Å². The van der Waals surface area contributed by atoms with Crippen molar-refractivity contribution in [2.75, 3.05) is 5.73 Å². The molecular weight excluding hydrogens is 271 g/mol. The van der Waals surface area contributed by atoms with E-state index < -0.39 is 0 Å². The van der Waals surface area contributed by atoms with Crippen molar-refractivity contribution in [1.29, 1.82) is 0 Å². The molecule has 2 aromatic carbocycles. The molecule has 0 fully saturated rings. The Morgan fingerprint density at radius 2 is 2.00 bits per heavy atom. The van der Waals surface area contributed by atoms with Crippen LogP contribution < -0.4 is 5.73 Å². The summed E-state index contributed by atoms with van der Waals surface area (Å²) in [7, 11) is 0. The molecule has 0 aliphatic carbocycles. The molecule has 0 saturated heterocycles. The molecule has 0 aliphatic rings. The monoisotopic (exact) mass is 284 g/mol. The minimum absolute atomic E-state index is 0.260. The van der Waals surface area contributed by atoms with Gasteiger partial charge in [-0.3, -0.25) is 4.98 Å². The number of rotatable bonds is 3. The van der Waals surface area contributed by atoms with E-state index in [1.807, 2.05) is 24.3 Å². The summed E-state index contributed by atoms with van der Waals surface area (Å²) in [6, 6.07) is 14.5. The number of benzene rings is 2. The van der Waals surface area contributed by atoms with E-state index in [9.17, 15) is 4.39 Å². The molecule has 0 radical (unpaired) electrons. The zero-order valence-electron chi connectivity index (χ0n) is 10.7. The number of nitrogens with two attached hydrogens (primary N) is 1. The molecule has 0 spiro atoms. The van der Waals surface area contributed by atoms with Gasteiger partial charge in [-0.05, 0) is 42.0 Å². The summed E-state index contributed by atoms with van der Waals surface area (Å²) in [5.41, 5.74) is 8.60. The Morgan fingerprint density at radius 1 is 1.10 bits per heavy atom. The van der Waals surface area contributed by atoms with Gasteiger partial charge in [0.1, 0.15) is 5.82 Å². The molecule has 0 atom stereocenters. The zero-order chi connectivity index (χ0) is 13.9. The zero-order valence-corrected chi connectivity index (χ0v) is 11.5. The van der Waals surface area contributed by atoms with Crippen molar-refractivity contribution in [3.05, 3.63) is 66.1 Å². The summed E-state index contributed by atoms with van der Waals surface area (Å²) >= 11 is 1.54. The first-order valence-electron chi connectivity index (χ1n) is 6.24. The number of thioether (sulfide) groups is 1. The predicted octanol–water partition coefficient (Wildman–Crippen LogP) is 4.25. The van der Waals surface area contributed by atoms with Crippen LogP contribution in [0.25, 0.3) is 10.9 Å². The van der Waals surface area contributed by atoms with Crippen LogP contribution in [0.4, 0.5) is 10.1 Å². The van der Waals surface area contributed by atoms with E-state index in [-0.39, 0.29) is 5.82 Å². The van der Waals surface area contributed by atoms with Crippen LogP contribution in [0.5, 0.6) is 0 Å². The fourth-order valence-electron chi connectivity index (χ4n) is 2.01. The molecule has 0 amide bonds. The number of halogens is 1. The smallest absolute Gasteiger partial charge is 0.124 e. The van der Waals surface area contributed by atoms with Gasteiger partial charge in [0.25, 0.3) is 0 Å². The molecule has 0 bridgehead atoms. The number of fused-ring (bicyclic) bond motifs is 1. The first-order chi connectivity index (χ1) is 9.72. The van der Waals surface area contributed by atoms with Crippen molar-refractivity contribution in [2.45, 2.75) is 10.6 Å². The van der Waals surface area contributed by atoms with Gasteiger partial charge < -0.3 is 5.73 Å². The van der Waals surface area contributed by atoms with Crippen LogP contribution in [0.15, 0.2) is 59.6 Å². The van der Waals surface area contributed by atoms with Crippen LogP contribution in [0.3, 0.4) is 0 Å². The average molecular weight is 284 g/mol. The lowest BCUT2D eigenvalue weighted by atomic mass is 10.1. The lowest BCUT2D eigenvalue weighted by Gasteiger charge is -2.06. The summed E-state index contributed by atoms with van der Waals surface area (Å²) in [6.45, 7) is 0. The van der Waals surface area contributed by atoms with Gasteiger partial charge in [0.2, 0.25) is 0 Å². The molecule has 100 valence electrons. The predicted molar refractivity (Wildman–Crippen MR) is 82.1 cm³/mol. The maximum absolute atomic E-state index is 13.2. The van der Waals surface area contributed by atoms with E-state index in [4.69, 9.17) is 5.73 Å². The summed E-state index contributed by atoms with van der Waals surface area (Å²) < 4.78 is 13.2. The quantitative estimate of drug-likeness (QED) is 0.577. The van der Waals surface area contributed by atoms with Crippen molar-refractivity contribution in [2.24, 2.45) is 0 Å². The molecule has 0 unspecified atom stereocenters. The van der Waals surface area contributed by atoms with E-state index in [0.29, 0.717) is 5.69 Å². The molecule has 1 heterocycles. The Bertz CT molecular complexity index is 758. The van der Waals surface area contributed by atoms with Gasteiger partial charge >= 0.3 is 0 Å². The summed E-state index contributed by atoms with van der Waals surface area (Å²) in [5.74, 6) is 0.489. The van der Waals surface area contributed by atoms with Gasteiger partial charge in [-0.15, -0.1) is 11.8 Å². The molecule has 2 nitrogen and oxygen atoms in total. The van der Waals surface area contributed by atoms with Crippen molar-refractivity contribution in [1.82, 2.24) is 4.98 Å². The summed E-state index contributed by atoms with van der Waals surface area (Å²) in [6.07, 6.45) is 1.78. The normalized spacial score (nSPS) is 10.8. The number of anilines is 1. The van der Waals surface area contributed by atoms with Crippen LogP contribution in [-0.2, 0) is 5.75 Å². The van der Waals surface area contributed by atoms with Gasteiger partial charge in [-0.1, -0.05) is 12.1 Å². The van der Waals surface area contributed by atoms with Crippen molar-refractivity contribution in [3.8, 4) is 0 Å². The van der Waals surface area contributed by atoms with E-state index in [1.54, 1.807) is 12.3 Å². The highest BCUT2D eigenvalue weighted by atomic mass is 32.2. The van der Waals surface area contributed by atoms with Gasteiger partial charge in [0, 0.05) is 27.9 Å². The molecule has 0 aliphatic heterocycles. The maximum atomic E-state index is 13.2. The van der Waals surface area contributed by atoms with E-state index in [2.05, 4.69) is 11.1 Å². The lowest BCUT2D eigenvalue weighted by molar-refractivity contribution is 0.624. The third-order valence-electron chi connectivity index (χ3n) is 3.04. The Kier molecular flexibility index (Phi) is 3.56. The van der Waals surface area contributed by atoms with E-state index in [0.717, 1.165) is 21.6 Å². The highest BCUT2D eigenvalue weighted by Gasteiger charge is 2.03. The Balaban J connectivity index is 1.81. The summed E-state index contributed by atoms with van der Waals surface area (Å²) in [4.78, 5) is 5.06. The molecule has 1 aromatic heterocycles. The fraction of sp³-hybridized carbons (Fsp3) is 0.0625. The Hall–Kier alpha value is -2.07. The Morgan fingerprint density at radius 3 is 2.90 bits per heavy atom. The minimum atomic E-state index is -0.260. The highest BCUT2D eigenvalue weighted by molar-refractivity contribution is 7.98. The number of nitrogen functional groups attached to an aromatic ring is 1. The summed E-state index contributed by atoms with van der Waals surface area (Å²) in [5, 5.41) is 1.11. The minimum Gasteiger partial charge on any atom is -0.398 e. The lowest BCUT2D eigenvalue weighted by Crippen LogP contribution is -1.90. The van der Waals surface area contributed by atoms with Crippen LogP contribution in [0.1, 0.15) is 5.56 Å². The average Bonchev–Trinajstić information content (AvgIpc) is 2.48. The number of hydrogen-bond acceptors (Lipinski definition) is 3. The van der Waals surface area contributed by atoms with Crippen molar-refractivity contribution >= 4 is 28.4 Å². The SMILES string of the molecule is Nc1ccc(F)cc1SCc1ccc2ncccc2c1. The second kappa shape index (κ2) is 5.51. The topological polar surface area (TPSA) is 38.9 Å². The van der Waals surface area contributed by atoms with Crippen molar-refractivity contribution < 1.29 is 4.39 Å². The van der Waals surface area contributed by atoms with E-state index in [1.165, 1.54) is 29.5 Å². The number of aromatic nitrogens is 1. The van der Waals surface area contributed by atoms with Crippen LogP contribution in [0, 0.1) is 5.82 Å². The molecular formula is C16H13FN2S. The van der Waals surface area contributed by atoms with Gasteiger partial charge in [-0.2, -0.15) is 0 Å². The number of hydrogen-bond donors (Lipinski definition) is 1. The molecule has 3 aromatic rings. The van der Waals surface area contributed by atoms with E-state index >= 15 is 0 Å². The maximum Gasteiger partial charge on any atom is 0.124 e. The van der Waals surface area contributed by atoms with Crippen molar-refractivity contribution in [3.63, 3.8) is 0 Å². The third kappa shape index (κ3) is 2.75. The molecule has 0 saturated carbocycles. The van der Waals surface area contributed by atoms with Crippen LogP contribution in [0.2, 0.25) is 0 Å². The molecule has 3 rings (SSSR count).